The molecule has 0 unspecified atom stereocenters. The van der Waals surface area contributed by atoms with Gasteiger partial charge in [0.15, 0.2) is 0 Å². The molecule has 0 bridgehead atoms. The molecular formula is C11H15FINO. The number of benzene rings is 1. The molecule has 15 heavy (non-hydrogen) atoms. The Balaban J connectivity index is 2.95. The highest BCUT2D eigenvalue weighted by atomic mass is 127. The number of alkyl halides is 1. The number of hydrogen-bond donors (Lipinski definition) is 1. The first-order valence-electron chi connectivity index (χ1n) is 4.82. The maximum Gasteiger partial charge on any atom is 0.124 e. The van der Waals surface area contributed by atoms with Crippen molar-refractivity contribution in [2.24, 2.45) is 5.73 Å². The molecule has 4 heteroatoms. The second kappa shape index (κ2) is 5.65. The van der Waals surface area contributed by atoms with Crippen LogP contribution < -0.4 is 10.5 Å². The van der Waals surface area contributed by atoms with Crippen molar-refractivity contribution in [1.29, 1.82) is 0 Å². The van der Waals surface area contributed by atoms with E-state index in [9.17, 15) is 4.39 Å². The number of rotatable bonds is 4. The Morgan fingerprint density at radius 1 is 1.47 bits per heavy atom. The average Bonchev–Trinajstić information content (AvgIpc) is 2.20. The van der Waals surface area contributed by atoms with E-state index in [1.54, 1.807) is 6.07 Å². The van der Waals surface area contributed by atoms with Crippen LogP contribution in [0, 0.1) is 5.82 Å². The molecule has 2 atom stereocenters. The maximum atomic E-state index is 13.0. The minimum atomic E-state index is -0.281. The van der Waals surface area contributed by atoms with E-state index in [0.29, 0.717) is 11.3 Å². The highest BCUT2D eigenvalue weighted by molar-refractivity contribution is 14.1. The monoisotopic (exact) mass is 323 g/mol. The molecular weight excluding hydrogens is 308 g/mol. The van der Waals surface area contributed by atoms with E-state index in [0.717, 1.165) is 4.43 Å². The van der Waals surface area contributed by atoms with E-state index < -0.39 is 0 Å². The summed E-state index contributed by atoms with van der Waals surface area (Å²) in [6, 6.07) is 4.23. The Kier molecular flexibility index (Phi) is 4.79. The van der Waals surface area contributed by atoms with Crippen LogP contribution >= 0.6 is 22.6 Å². The zero-order chi connectivity index (χ0) is 11.4. The van der Waals surface area contributed by atoms with Crippen molar-refractivity contribution in [3.63, 3.8) is 0 Å². The van der Waals surface area contributed by atoms with Gasteiger partial charge in [0.05, 0.1) is 0 Å². The van der Waals surface area contributed by atoms with Gasteiger partial charge >= 0.3 is 0 Å². The van der Waals surface area contributed by atoms with E-state index in [1.807, 2.05) is 13.8 Å². The van der Waals surface area contributed by atoms with E-state index in [-0.39, 0.29) is 18.0 Å². The molecule has 1 rings (SSSR count). The van der Waals surface area contributed by atoms with Gasteiger partial charge < -0.3 is 10.5 Å². The van der Waals surface area contributed by atoms with Crippen LogP contribution in [0.15, 0.2) is 18.2 Å². The fraction of sp³-hybridized carbons (Fsp3) is 0.455. The second-order valence-corrected chi connectivity index (χ2v) is 4.43. The Morgan fingerprint density at radius 2 is 2.13 bits per heavy atom. The summed E-state index contributed by atoms with van der Waals surface area (Å²) in [6.07, 6.45) is 0.105. The smallest absolute Gasteiger partial charge is 0.124 e. The lowest BCUT2D eigenvalue weighted by molar-refractivity contribution is 0.246. The molecule has 0 aliphatic heterocycles. The third kappa shape index (κ3) is 3.61. The first kappa shape index (κ1) is 12.7. The van der Waals surface area contributed by atoms with Gasteiger partial charge in [0, 0.05) is 16.0 Å². The lowest BCUT2D eigenvalue weighted by atomic mass is 10.1. The van der Waals surface area contributed by atoms with Gasteiger partial charge in [0.25, 0.3) is 0 Å². The topological polar surface area (TPSA) is 35.2 Å². The molecule has 0 spiro atoms. The molecule has 0 radical (unpaired) electrons. The molecule has 0 fully saturated rings. The van der Waals surface area contributed by atoms with E-state index >= 15 is 0 Å². The van der Waals surface area contributed by atoms with E-state index in [2.05, 4.69) is 22.6 Å². The van der Waals surface area contributed by atoms with Gasteiger partial charge in [-0.15, -0.1) is 0 Å². The fourth-order valence-electron chi connectivity index (χ4n) is 1.23. The SMILES string of the molecule is C[C@@H](CI)Oc1ccc(F)cc1[C@@H](C)N. The molecule has 84 valence electrons. The molecule has 1 aromatic rings. The number of hydrogen-bond acceptors (Lipinski definition) is 2. The molecule has 0 saturated heterocycles. The first-order chi connectivity index (χ1) is 7.04. The van der Waals surface area contributed by atoms with Crippen molar-refractivity contribution in [2.45, 2.75) is 26.0 Å². The Morgan fingerprint density at radius 3 is 2.67 bits per heavy atom. The van der Waals surface area contributed by atoms with Gasteiger partial charge in [-0.05, 0) is 32.0 Å². The first-order valence-corrected chi connectivity index (χ1v) is 6.34. The summed E-state index contributed by atoms with van der Waals surface area (Å²) in [4.78, 5) is 0. The van der Waals surface area contributed by atoms with Crippen molar-refractivity contribution in [3.8, 4) is 5.75 Å². The summed E-state index contributed by atoms with van der Waals surface area (Å²) in [6.45, 7) is 3.79. The normalized spacial score (nSPS) is 14.7. The van der Waals surface area contributed by atoms with Gasteiger partial charge in [-0.25, -0.2) is 4.39 Å². The van der Waals surface area contributed by atoms with Gasteiger partial charge in [-0.3, -0.25) is 0 Å². The third-order valence-corrected chi connectivity index (χ3v) is 3.25. The summed E-state index contributed by atoms with van der Waals surface area (Å²) in [5.41, 5.74) is 6.47. The van der Waals surface area contributed by atoms with Crippen molar-refractivity contribution < 1.29 is 9.13 Å². The summed E-state index contributed by atoms with van der Waals surface area (Å²) < 4.78 is 19.6. The minimum Gasteiger partial charge on any atom is -0.490 e. The van der Waals surface area contributed by atoms with Crippen molar-refractivity contribution in [1.82, 2.24) is 0 Å². The molecule has 0 aliphatic carbocycles. The van der Waals surface area contributed by atoms with Crippen LogP contribution in [0.4, 0.5) is 4.39 Å². The third-order valence-electron chi connectivity index (χ3n) is 2.01. The summed E-state index contributed by atoms with van der Waals surface area (Å²) in [7, 11) is 0. The fourth-order valence-corrected chi connectivity index (χ4v) is 1.41. The van der Waals surface area contributed by atoms with E-state index in [1.165, 1.54) is 12.1 Å². The Bertz CT molecular complexity index is 330. The lowest BCUT2D eigenvalue weighted by Crippen LogP contribution is -2.16. The number of nitrogens with two attached hydrogens (primary N) is 1. The van der Waals surface area contributed by atoms with Gasteiger partial charge in [-0.2, -0.15) is 0 Å². The van der Waals surface area contributed by atoms with Crippen LogP contribution in [-0.2, 0) is 0 Å². The standard InChI is InChI=1S/C11H15FINO/c1-7(6-13)15-11-4-3-9(12)5-10(11)8(2)14/h3-5,7-8H,6,14H2,1-2H3/t7-,8+/m0/s1. The maximum absolute atomic E-state index is 13.0. The van der Waals surface area contributed by atoms with Crippen LogP contribution in [-0.4, -0.2) is 10.5 Å². The molecule has 0 saturated carbocycles. The Labute approximate surface area is 103 Å². The quantitative estimate of drug-likeness (QED) is 0.683. The predicted molar refractivity (Wildman–Crippen MR) is 68.0 cm³/mol. The predicted octanol–water partition coefficient (Wildman–Crippen LogP) is 3.05. The Hall–Kier alpha value is -0.360. The lowest BCUT2D eigenvalue weighted by Gasteiger charge is -2.17. The van der Waals surface area contributed by atoms with Crippen LogP contribution in [0.3, 0.4) is 0 Å². The van der Waals surface area contributed by atoms with Crippen LogP contribution in [0.1, 0.15) is 25.5 Å². The summed E-state index contributed by atoms with van der Waals surface area (Å²) in [5.74, 6) is 0.396. The van der Waals surface area contributed by atoms with Gasteiger partial charge in [-0.1, -0.05) is 22.6 Å². The summed E-state index contributed by atoms with van der Waals surface area (Å²) in [5, 5.41) is 0. The molecule has 0 amide bonds. The minimum absolute atomic E-state index is 0.105. The zero-order valence-corrected chi connectivity index (χ0v) is 11.0. The van der Waals surface area contributed by atoms with Crippen molar-refractivity contribution in [3.05, 3.63) is 29.6 Å². The molecule has 0 aliphatic rings. The van der Waals surface area contributed by atoms with Gasteiger partial charge in [0.1, 0.15) is 17.7 Å². The molecule has 2 nitrogen and oxygen atoms in total. The van der Waals surface area contributed by atoms with Crippen molar-refractivity contribution in [2.75, 3.05) is 4.43 Å². The second-order valence-electron chi connectivity index (χ2n) is 3.55. The van der Waals surface area contributed by atoms with E-state index in [4.69, 9.17) is 10.5 Å². The largest absolute Gasteiger partial charge is 0.490 e. The average molecular weight is 323 g/mol. The van der Waals surface area contributed by atoms with Crippen molar-refractivity contribution >= 4 is 22.6 Å². The number of ether oxygens (including phenoxy) is 1. The number of halogens is 2. The highest BCUT2D eigenvalue weighted by Crippen LogP contribution is 2.25. The molecule has 2 N–H and O–H groups in total. The summed E-state index contributed by atoms with van der Waals surface area (Å²) >= 11 is 2.25. The highest BCUT2D eigenvalue weighted by Gasteiger charge is 2.11. The molecule has 0 aromatic heterocycles. The van der Waals surface area contributed by atoms with Crippen LogP contribution in [0.5, 0.6) is 5.75 Å². The zero-order valence-electron chi connectivity index (χ0n) is 8.84. The molecule has 1 aromatic carbocycles. The molecule has 0 heterocycles. The van der Waals surface area contributed by atoms with Crippen LogP contribution in [0.2, 0.25) is 0 Å². The van der Waals surface area contributed by atoms with Gasteiger partial charge in [0.2, 0.25) is 0 Å². The van der Waals surface area contributed by atoms with Crippen LogP contribution in [0.25, 0.3) is 0 Å².